The molecule has 0 radical (unpaired) electrons. The third-order valence-electron chi connectivity index (χ3n) is 4.03. The van der Waals surface area contributed by atoms with E-state index in [2.05, 4.69) is 17.0 Å². The average Bonchev–Trinajstić information content (AvgIpc) is 2.96. The van der Waals surface area contributed by atoms with Crippen molar-refractivity contribution in [2.75, 3.05) is 6.54 Å². The minimum atomic E-state index is -0.702. The van der Waals surface area contributed by atoms with E-state index in [1.807, 2.05) is 24.3 Å². The summed E-state index contributed by atoms with van der Waals surface area (Å²) in [6.07, 6.45) is 2.84. The minimum Gasteiger partial charge on any atom is -0.480 e. The Morgan fingerprint density at radius 3 is 2.95 bits per heavy atom. The molecule has 0 aliphatic carbocycles. The summed E-state index contributed by atoms with van der Waals surface area (Å²) in [7, 11) is 0. The molecule has 1 fully saturated rings. The molecule has 3 nitrogen and oxygen atoms in total. The van der Waals surface area contributed by atoms with Gasteiger partial charge in [-0.1, -0.05) is 30.2 Å². The van der Waals surface area contributed by atoms with Crippen LogP contribution in [0.2, 0.25) is 5.02 Å². The van der Waals surface area contributed by atoms with E-state index in [0.29, 0.717) is 6.54 Å². The van der Waals surface area contributed by atoms with E-state index in [1.165, 1.54) is 9.75 Å². The smallest absolute Gasteiger partial charge is 0.320 e. The number of hydrogen-bond donors (Lipinski definition) is 1. The van der Waals surface area contributed by atoms with Crippen LogP contribution in [0.25, 0.3) is 10.4 Å². The van der Waals surface area contributed by atoms with Gasteiger partial charge in [-0.05, 0) is 49.2 Å². The van der Waals surface area contributed by atoms with Crippen LogP contribution in [0.4, 0.5) is 0 Å². The normalized spacial score (nSPS) is 19.2. The molecule has 2 aromatic rings. The Hall–Kier alpha value is -1.36. The molecule has 1 unspecified atom stereocenters. The molecular weight excluding hydrogens is 318 g/mol. The lowest BCUT2D eigenvalue weighted by molar-refractivity contribution is -0.144. The zero-order valence-electron chi connectivity index (χ0n) is 12.2. The number of rotatable bonds is 4. The van der Waals surface area contributed by atoms with Crippen molar-refractivity contribution in [1.82, 2.24) is 4.90 Å². The van der Waals surface area contributed by atoms with Gasteiger partial charge in [-0.25, -0.2) is 0 Å². The van der Waals surface area contributed by atoms with Crippen molar-refractivity contribution in [2.24, 2.45) is 0 Å². The highest BCUT2D eigenvalue weighted by atomic mass is 35.5. The number of carboxylic acid groups (broad SMARTS) is 1. The van der Waals surface area contributed by atoms with Gasteiger partial charge in [-0.15, -0.1) is 11.3 Å². The number of likely N-dealkylation sites (tertiary alicyclic amines) is 1. The van der Waals surface area contributed by atoms with Crippen molar-refractivity contribution in [3.63, 3.8) is 0 Å². The molecule has 1 aromatic carbocycles. The zero-order valence-corrected chi connectivity index (χ0v) is 13.7. The standard InChI is InChI=1S/C17H18ClNO2S/c18-13-5-3-4-12(10-13)16-8-7-14(22-16)11-19-9-2-1-6-15(19)17(20)21/h3-5,7-8,10,15H,1-2,6,9,11H2,(H,20,21). The van der Waals surface area contributed by atoms with Crippen molar-refractivity contribution in [3.8, 4) is 10.4 Å². The van der Waals surface area contributed by atoms with Crippen LogP contribution in [0, 0.1) is 0 Å². The lowest BCUT2D eigenvalue weighted by atomic mass is 10.0. The molecule has 1 saturated heterocycles. The fourth-order valence-electron chi connectivity index (χ4n) is 2.92. The summed E-state index contributed by atoms with van der Waals surface area (Å²) in [5.74, 6) is -0.702. The number of benzene rings is 1. The number of hydrogen-bond acceptors (Lipinski definition) is 3. The molecule has 3 rings (SSSR count). The van der Waals surface area contributed by atoms with E-state index >= 15 is 0 Å². The number of aliphatic carboxylic acids is 1. The largest absolute Gasteiger partial charge is 0.480 e. The van der Waals surface area contributed by atoms with Crippen LogP contribution in [-0.4, -0.2) is 28.6 Å². The van der Waals surface area contributed by atoms with Gasteiger partial charge in [0.25, 0.3) is 0 Å². The maximum Gasteiger partial charge on any atom is 0.320 e. The first kappa shape index (κ1) is 15.5. The Balaban J connectivity index is 1.75. The molecule has 1 aliphatic heterocycles. The highest BCUT2D eigenvalue weighted by Crippen LogP contribution is 2.31. The van der Waals surface area contributed by atoms with Gasteiger partial charge in [0.2, 0.25) is 0 Å². The summed E-state index contributed by atoms with van der Waals surface area (Å²) in [5, 5.41) is 10.1. The van der Waals surface area contributed by atoms with Gasteiger partial charge in [-0.2, -0.15) is 0 Å². The molecular formula is C17H18ClNO2S. The summed E-state index contributed by atoms with van der Waals surface area (Å²) in [6, 6.07) is 11.7. The van der Waals surface area contributed by atoms with Gasteiger partial charge < -0.3 is 5.11 Å². The molecule has 1 atom stereocenters. The second kappa shape index (κ2) is 6.82. The van der Waals surface area contributed by atoms with Crippen molar-refractivity contribution in [2.45, 2.75) is 31.8 Å². The zero-order chi connectivity index (χ0) is 15.5. The fraction of sp³-hybridized carbons (Fsp3) is 0.353. The number of halogens is 1. The van der Waals surface area contributed by atoms with Crippen molar-refractivity contribution >= 4 is 28.9 Å². The predicted octanol–water partition coefficient (Wildman–Crippen LogP) is 4.51. The molecule has 0 bridgehead atoms. The summed E-state index contributed by atoms with van der Waals surface area (Å²) in [4.78, 5) is 15.8. The van der Waals surface area contributed by atoms with Crippen LogP contribution >= 0.6 is 22.9 Å². The molecule has 0 saturated carbocycles. The van der Waals surface area contributed by atoms with Crippen LogP contribution < -0.4 is 0 Å². The molecule has 22 heavy (non-hydrogen) atoms. The third-order valence-corrected chi connectivity index (χ3v) is 5.38. The molecule has 1 aliphatic rings. The number of thiophene rings is 1. The van der Waals surface area contributed by atoms with E-state index in [9.17, 15) is 9.90 Å². The highest BCUT2D eigenvalue weighted by Gasteiger charge is 2.28. The Bertz CT molecular complexity index is 670. The van der Waals surface area contributed by atoms with Gasteiger partial charge in [0.05, 0.1) is 0 Å². The van der Waals surface area contributed by atoms with Crippen molar-refractivity contribution < 1.29 is 9.90 Å². The Kier molecular flexibility index (Phi) is 4.81. The molecule has 1 N–H and O–H groups in total. The quantitative estimate of drug-likeness (QED) is 0.893. The number of carbonyl (C=O) groups is 1. The second-order valence-electron chi connectivity index (χ2n) is 5.60. The van der Waals surface area contributed by atoms with Crippen LogP contribution in [0.1, 0.15) is 24.1 Å². The summed E-state index contributed by atoms with van der Waals surface area (Å²) in [5.41, 5.74) is 1.11. The third kappa shape index (κ3) is 3.51. The highest BCUT2D eigenvalue weighted by molar-refractivity contribution is 7.15. The molecule has 0 spiro atoms. The maximum atomic E-state index is 11.4. The summed E-state index contributed by atoms with van der Waals surface area (Å²) < 4.78 is 0. The van der Waals surface area contributed by atoms with Gasteiger partial charge in [-0.3, -0.25) is 9.69 Å². The van der Waals surface area contributed by atoms with Gasteiger partial charge in [0, 0.05) is 21.3 Å². The SMILES string of the molecule is O=C(O)C1CCCCN1Cc1ccc(-c2cccc(Cl)c2)s1. The van der Waals surface area contributed by atoms with E-state index in [4.69, 9.17) is 11.6 Å². The molecule has 0 amide bonds. The van der Waals surface area contributed by atoms with Gasteiger partial charge in [0.15, 0.2) is 0 Å². The van der Waals surface area contributed by atoms with Gasteiger partial charge in [0.1, 0.15) is 6.04 Å². The van der Waals surface area contributed by atoms with Crippen LogP contribution in [0.15, 0.2) is 36.4 Å². The number of piperidine rings is 1. The van der Waals surface area contributed by atoms with E-state index in [1.54, 1.807) is 11.3 Å². The van der Waals surface area contributed by atoms with Crippen molar-refractivity contribution in [3.05, 3.63) is 46.3 Å². The van der Waals surface area contributed by atoms with Crippen LogP contribution in [-0.2, 0) is 11.3 Å². The molecule has 116 valence electrons. The second-order valence-corrected chi connectivity index (χ2v) is 7.20. The molecule has 2 heterocycles. The topological polar surface area (TPSA) is 40.5 Å². The van der Waals surface area contributed by atoms with Crippen LogP contribution in [0.5, 0.6) is 0 Å². The lowest BCUT2D eigenvalue weighted by Crippen LogP contribution is -2.43. The number of nitrogens with zero attached hydrogens (tertiary/aromatic N) is 1. The minimum absolute atomic E-state index is 0.342. The Morgan fingerprint density at radius 1 is 1.32 bits per heavy atom. The monoisotopic (exact) mass is 335 g/mol. The fourth-order valence-corrected chi connectivity index (χ4v) is 4.14. The van der Waals surface area contributed by atoms with Gasteiger partial charge >= 0.3 is 5.97 Å². The first-order valence-corrected chi connectivity index (χ1v) is 8.64. The first-order chi connectivity index (χ1) is 10.6. The first-order valence-electron chi connectivity index (χ1n) is 7.45. The Labute approximate surface area is 139 Å². The average molecular weight is 336 g/mol. The Morgan fingerprint density at radius 2 is 2.18 bits per heavy atom. The summed E-state index contributed by atoms with van der Waals surface area (Å²) in [6.45, 7) is 1.57. The lowest BCUT2D eigenvalue weighted by Gasteiger charge is -2.32. The predicted molar refractivity (Wildman–Crippen MR) is 90.4 cm³/mol. The van der Waals surface area contributed by atoms with Crippen LogP contribution in [0.3, 0.4) is 0 Å². The van der Waals surface area contributed by atoms with E-state index < -0.39 is 5.97 Å². The van der Waals surface area contributed by atoms with E-state index in [0.717, 1.165) is 36.4 Å². The maximum absolute atomic E-state index is 11.4. The van der Waals surface area contributed by atoms with E-state index in [-0.39, 0.29) is 6.04 Å². The molecule has 5 heteroatoms. The number of carboxylic acids is 1. The van der Waals surface area contributed by atoms with Crippen molar-refractivity contribution in [1.29, 1.82) is 0 Å². The molecule has 1 aromatic heterocycles. The summed E-state index contributed by atoms with van der Waals surface area (Å²) >= 11 is 7.75.